The van der Waals surface area contributed by atoms with Crippen LogP contribution < -0.4 is 16.3 Å². The summed E-state index contributed by atoms with van der Waals surface area (Å²) < 4.78 is 17.6. The Hall–Kier alpha value is -1.72. The monoisotopic (exact) mass is 270 g/mol. The first-order valence-electron chi connectivity index (χ1n) is 5.09. The van der Waals surface area contributed by atoms with Crippen molar-refractivity contribution in [2.45, 2.75) is 0 Å². The summed E-state index contributed by atoms with van der Waals surface area (Å²) in [5.41, 5.74) is 5.58. The third-order valence-electron chi connectivity index (χ3n) is 2.38. The zero-order chi connectivity index (χ0) is 12.3. The molecule has 1 aromatic carbocycles. The van der Waals surface area contributed by atoms with E-state index in [9.17, 15) is 9.18 Å². The molecule has 0 radical (unpaired) electrons. The molecule has 4 nitrogen and oxygen atoms in total. The second-order valence-corrected chi connectivity index (χ2v) is 3.52. The smallest absolute Gasteiger partial charge is 0.313 e. The van der Waals surface area contributed by atoms with Gasteiger partial charge in [0.2, 0.25) is 0 Å². The molecule has 0 aromatic heterocycles. The highest BCUT2D eigenvalue weighted by Gasteiger charge is 2.17. The number of benzene rings is 1. The van der Waals surface area contributed by atoms with Gasteiger partial charge in [0.15, 0.2) is 5.76 Å². The minimum absolute atomic E-state index is 0. The Labute approximate surface area is 109 Å². The lowest BCUT2D eigenvalue weighted by molar-refractivity contribution is -0.114. The number of amides is 1. The summed E-state index contributed by atoms with van der Waals surface area (Å²) in [5, 5.41) is 1.21. The van der Waals surface area contributed by atoms with Crippen LogP contribution in [-0.4, -0.2) is 19.1 Å². The predicted molar refractivity (Wildman–Crippen MR) is 67.1 cm³/mol. The second-order valence-electron chi connectivity index (χ2n) is 3.52. The maximum absolute atomic E-state index is 12.3. The van der Waals surface area contributed by atoms with E-state index in [1.807, 2.05) is 0 Å². The van der Waals surface area contributed by atoms with E-state index in [2.05, 4.69) is 4.99 Å². The van der Waals surface area contributed by atoms with Gasteiger partial charge >= 0.3 is 5.91 Å². The van der Waals surface area contributed by atoms with E-state index in [0.29, 0.717) is 16.9 Å². The number of rotatable bonds is 4. The molecule has 0 saturated carbocycles. The van der Waals surface area contributed by atoms with Gasteiger partial charge in [-0.1, -0.05) is 12.1 Å². The lowest BCUT2D eigenvalue weighted by Gasteiger charge is -2.05. The fourth-order valence-electron chi connectivity index (χ4n) is 1.48. The number of nitrogens with zero attached hydrogens (tertiary/aromatic N) is 1. The Morgan fingerprint density at radius 1 is 1.44 bits per heavy atom. The molecule has 6 heteroatoms. The molecule has 1 aliphatic heterocycles. The molecule has 1 heterocycles. The Balaban J connectivity index is 0.00000162. The third kappa shape index (κ3) is 2.75. The highest BCUT2D eigenvalue weighted by molar-refractivity contribution is 6.12. The van der Waals surface area contributed by atoms with E-state index >= 15 is 0 Å². The largest absolute Gasteiger partial charge is 0.483 e. The lowest BCUT2D eigenvalue weighted by atomic mass is 10.2. The molecule has 0 bridgehead atoms. The fourth-order valence-corrected chi connectivity index (χ4v) is 1.48. The highest BCUT2D eigenvalue weighted by atomic mass is 35.5. The summed E-state index contributed by atoms with van der Waals surface area (Å²) >= 11 is 0. The van der Waals surface area contributed by atoms with Gasteiger partial charge in [-0.15, -0.1) is 12.4 Å². The minimum Gasteiger partial charge on any atom is -0.483 e. The van der Waals surface area contributed by atoms with Gasteiger partial charge in [0.05, 0.1) is 11.7 Å². The standard InChI is InChI=1S/C12H11FN2O2.ClH/c13-5-8(6-14)7-17-11-9-3-1-2-4-10(9)15-12(11)16;/h1-5H,6-7,14H2;1H/b8-5+;. The SMILES string of the molecule is Cl.NC/C(=C\F)COC1=c2ccccc2=NC1=O. The van der Waals surface area contributed by atoms with E-state index in [-0.39, 0.29) is 36.9 Å². The van der Waals surface area contributed by atoms with Crippen LogP contribution in [0.5, 0.6) is 0 Å². The van der Waals surface area contributed by atoms with Crippen LogP contribution in [0.1, 0.15) is 0 Å². The van der Waals surface area contributed by atoms with Gasteiger partial charge in [-0.2, -0.15) is 0 Å². The van der Waals surface area contributed by atoms with Gasteiger partial charge in [0, 0.05) is 17.3 Å². The van der Waals surface area contributed by atoms with Crippen LogP contribution >= 0.6 is 12.4 Å². The summed E-state index contributed by atoms with van der Waals surface area (Å²) in [6, 6.07) is 7.02. The number of carbonyl (C=O) groups excluding carboxylic acids is 1. The maximum atomic E-state index is 12.3. The number of halogens is 2. The number of carbonyl (C=O) groups is 1. The van der Waals surface area contributed by atoms with Crippen LogP contribution in [0.4, 0.5) is 4.39 Å². The predicted octanol–water partition coefficient (Wildman–Crippen LogP) is 0.205. The van der Waals surface area contributed by atoms with Crippen molar-refractivity contribution in [2.24, 2.45) is 10.7 Å². The number of fused-ring (bicyclic) bond motifs is 1. The number of hydrogen-bond acceptors (Lipinski definition) is 3. The second kappa shape index (κ2) is 6.28. The number of para-hydroxylation sites is 1. The molecule has 0 unspecified atom stereocenters. The Kier molecular flexibility index (Phi) is 5.00. The third-order valence-corrected chi connectivity index (χ3v) is 2.38. The molecular weight excluding hydrogens is 259 g/mol. The van der Waals surface area contributed by atoms with E-state index < -0.39 is 5.91 Å². The van der Waals surface area contributed by atoms with E-state index in [1.54, 1.807) is 24.3 Å². The zero-order valence-corrected chi connectivity index (χ0v) is 10.2. The molecule has 0 fully saturated rings. The van der Waals surface area contributed by atoms with Gasteiger partial charge in [-0.25, -0.2) is 9.38 Å². The average Bonchev–Trinajstić information content (AvgIpc) is 2.67. The van der Waals surface area contributed by atoms with Crippen LogP contribution in [-0.2, 0) is 9.53 Å². The molecule has 1 amide bonds. The van der Waals surface area contributed by atoms with Crippen molar-refractivity contribution in [3.63, 3.8) is 0 Å². The molecule has 0 aliphatic carbocycles. The van der Waals surface area contributed by atoms with E-state index in [4.69, 9.17) is 10.5 Å². The van der Waals surface area contributed by atoms with Crippen LogP contribution in [0.25, 0.3) is 5.76 Å². The molecule has 0 atom stereocenters. The average molecular weight is 271 g/mol. The topological polar surface area (TPSA) is 64.7 Å². The number of hydrogen-bond donors (Lipinski definition) is 1. The molecule has 96 valence electrons. The van der Waals surface area contributed by atoms with Crippen LogP contribution in [0, 0.1) is 0 Å². The molecule has 1 aromatic rings. The lowest BCUT2D eigenvalue weighted by Crippen LogP contribution is -2.23. The molecule has 2 rings (SSSR count). The van der Waals surface area contributed by atoms with Crippen LogP contribution in [0.3, 0.4) is 0 Å². The fraction of sp³-hybridized carbons (Fsp3) is 0.167. The summed E-state index contributed by atoms with van der Waals surface area (Å²) in [4.78, 5) is 15.4. The van der Waals surface area contributed by atoms with Gasteiger partial charge in [-0.3, -0.25) is 4.79 Å². The first kappa shape index (κ1) is 14.3. The molecule has 2 N–H and O–H groups in total. The van der Waals surface area contributed by atoms with Crippen molar-refractivity contribution in [2.75, 3.05) is 13.2 Å². The number of nitrogens with two attached hydrogens (primary N) is 1. The quantitative estimate of drug-likeness (QED) is 0.850. The van der Waals surface area contributed by atoms with E-state index in [0.717, 1.165) is 0 Å². The van der Waals surface area contributed by atoms with Gasteiger partial charge < -0.3 is 10.5 Å². The van der Waals surface area contributed by atoms with Crippen molar-refractivity contribution in [3.05, 3.63) is 46.7 Å². The summed E-state index contributed by atoms with van der Waals surface area (Å²) in [6.07, 6.45) is 0.392. The minimum atomic E-state index is -0.443. The summed E-state index contributed by atoms with van der Waals surface area (Å²) in [7, 11) is 0. The first-order chi connectivity index (χ1) is 8.26. The molecule has 0 spiro atoms. The first-order valence-corrected chi connectivity index (χ1v) is 5.09. The highest BCUT2D eigenvalue weighted by Crippen LogP contribution is 2.05. The van der Waals surface area contributed by atoms with Gasteiger partial charge in [0.1, 0.15) is 6.61 Å². The Morgan fingerprint density at radius 2 is 2.17 bits per heavy atom. The molecular formula is C12H12ClFN2O2. The Bertz CT molecular complexity index is 598. The molecule has 1 aliphatic rings. The van der Waals surface area contributed by atoms with Crippen molar-refractivity contribution < 1.29 is 13.9 Å². The molecule has 18 heavy (non-hydrogen) atoms. The van der Waals surface area contributed by atoms with Crippen molar-refractivity contribution in [1.82, 2.24) is 0 Å². The maximum Gasteiger partial charge on any atom is 0.313 e. The van der Waals surface area contributed by atoms with Crippen molar-refractivity contribution in [3.8, 4) is 0 Å². The summed E-state index contributed by atoms with van der Waals surface area (Å²) in [5.74, 6) is -0.296. The van der Waals surface area contributed by atoms with Gasteiger partial charge in [0.25, 0.3) is 0 Å². The molecule has 0 saturated heterocycles. The zero-order valence-electron chi connectivity index (χ0n) is 9.43. The summed E-state index contributed by atoms with van der Waals surface area (Å²) in [6.45, 7) is 0.00862. The van der Waals surface area contributed by atoms with Gasteiger partial charge in [-0.05, 0) is 12.1 Å². The van der Waals surface area contributed by atoms with Crippen molar-refractivity contribution >= 4 is 24.1 Å². The van der Waals surface area contributed by atoms with Crippen LogP contribution in [0.15, 0.2) is 41.2 Å². The van der Waals surface area contributed by atoms with E-state index in [1.165, 1.54) is 0 Å². The van der Waals surface area contributed by atoms with Crippen molar-refractivity contribution in [1.29, 1.82) is 0 Å². The van der Waals surface area contributed by atoms with Crippen LogP contribution in [0.2, 0.25) is 0 Å². The normalized spacial score (nSPS) is 13.8. The Morgan fingerprint density at radius 3 is 2.83 bits per heavy atom. The number of ether oxygens (including phenoxy) is 1.